The van der Waals surface area contributed by atoms with Gasteiger partial charge in [-0.2, -0.15) is 9.97 Å². The van der Waals surface area contributed by atoms with Crippen molar-refractivity contribution < 1.29 is 17.0 Å². The smallest absolute Gasteiger partial charge is 0.318 e. The fourth-order valence-electron chi connectivity index (χ4n) is 6.82. The molecule has 2 N–H and O–H groups in total. The van der Waals surface area contributed by atoms with Crippen LogP contribution in [0.4, 0.5) is 15.9 Å². The van der Waals surface area contributed by atoms with E-state index < -0.39 is 12.4 Å². The van der Waals surface area contributed by atoms with E-state index in [1.807, 2.05) is 11.9 Å². The van der Waals surface area contributed by atoms with Gasteiger partial charge in [0.25, 0.3) is 0 Å². The van der Waals surface area contributed by atoms with Crippen LogP contribution >= 0.6 is 0 Å². The average Bonchev–Trinajstić information content (AvgIpc) is 3.43. The molecule has 5 aliphatic heterocycles. The molecule has 8 rings (SSSR count). The summed E-state index contributed by atoms with van der Waals surface area (Å²) in [5.41, 5.74) is 2.56. The molecule has 4 fully saturated rings. The van der Waals surface area contributed by atoms with Crippen molar-refractivity contribution in [3.8, 4) is 24.1 Å². The molecule has 2 unspecified atom stereocenters. The first-order valence-corrected chi connectivity index (χ1v) is 14.2. The zero-order chi connectivity index (χ0) is 29.2. The van der Waals surface area contributed by atoms with Gasteiger partial charge in [-0.25, -0.2) is 4.39 Å². The number of benzene rings is 2. The fourth-order valence-corrected chi connectivity index (χ4v) is 6.82. The number of likely N-dealkylation sites (N-methyl/N-ethyl adjacent to an activating group) is 1. The van der Waals surface area contributed by atoms with Crippen molar-refractivity contribution in [1.29, 1.82) is 0 Å². The van der Waals surface area contributed by atoms with Crippen LogP contribution in [0.15, 0.2) is 24.3 Å². The van der Waals surface area contributed by atoms with Crippen molar-refractivity contribution in [2.24, 2.45) is 0 Å². The lowest BCUT2D eigenvalue weighted by molar-refractivity contribution is 0.187. The van der Waals surface area contributed by atoms with E-state index in [1.165, 1.54) is 6.07 Å². The van der Waals surface area contributed by atoms with Crippen LogP contribution in [0.1, 0.15) is 45.2 Å². The first kappa shape index (κ1) is 23.1. The highest BCUT2D eigenvalue weighted by atomic mass is 19.1. The standard InChI is InChI=1S/C31H35FN6O2/c1-3-24-26(32)9-6-19-13-23(39)14-28(29(19)24)37-12-10-25-27(17-37)34-31(40-18-22-5-4-11-36(22)2)35-30(25)38-16-20-7-8-21(38)15-33-20/h1,6,9,13-14,20-22,33,39H,4-5,7-8,10-12,15-18H2,2H3/t20?,21?,22-/m0/s1/i18D2. The van der Waals surface area contributed by atoms with Gasteiger partial charge >= 0.3 is 6.01 Å². The number of anilines is 2. The number of rotatable bonds is 5. The number of hydrogen-bond acceptors (Lipinski definition) is 8. The Morgan fingerprint density at radius 3 is 2.88 bits per heavy atom. The van der Waals surface area contributed by atoms with Crippen molar-refractivity contribution in [3.05, 3.63) is 46.9 Å². The third-order valence-electron chi connectivity index (χ3n) is 8.97. The monoisotopic (exact) mass is 544 g/mol. The number of terminal acetylenes is 1. The molecule has 2 aromatic carbocycles. The van der Waals surface area contributed by atoms with Crippen molar-refractivity contribution in [2.75, 3.05) is 49.6 Å². The molecule has 0 saturated carbocycles. The van der Waals surface area contributed by atoms with E-state index in [0.717, 1.165) is 56.0 Å². The highest BCUT2D eigenvalue weighted by molar-refractivity contribution is 6.00. The van der Waals surface area contributed by atoms with Crippen LogP contribution in [0.3, 0.4) is 0 Å². The zero-order valence-corrected chi connectivity index (χ0v) is 22.7. The number of aromatic nitrogens is 2. The summed E-state index contributed by atoms with van der Waals surface area (Å²) in [5, 5.41) is 15.4. The van der Waals surface area contributed by atoms with Gasteiger partial charge in [-0.05, 0) is 63.2 Å². The summed E-state index contributed by atoms with van der Waals surface area (Å²) < 4.78 is 38.4. The van der Waals surface area contributed by atoms with E-state index in [-0.39, 0.29) is 23.4 Å². The number of fused-ring (bicyclic) bond motifs is 5. The Kier molecular flexibility index (Phi) is 5.84. The quantitative estimate of drug-likeness (QED) is 0.474. The third-order valence-corrected chi connectivity index (χ3v) is 8.97. The first-order chi connectivity index (χ1) is 20.2. The average molecular weight is 545 g/mol. The van der Waals surface area contributed by atoms with E-state index in [1.54, 1.807) is 18.2 Å². The van der Waals surface area contributed by atoms with Crippen LogP contribution in [0.25, 0.3) is 10.8 Å². The molecule has 0 spiro atoms. The SMILES string of the molecule is [2H]C([2H])(Oc1nc2c(c(N3CC4CCC3CN4)n1)CCN(c1cc(O)cc3ccc(F)c(C#C)c13)C2)[C@@H]1CCCN1C. The number of piperazine rings is 1. The van der Waals surface area contributed by atoms with Crippen molar-refractivity contribution in [3.63, 3.8) is 0 Å². The first-order valence-electron chi connectivity index (χ1n) is 15.2. The van der Waals surface area contributed by atoms with Crippen molar-refractivity contribution in [1.82, 2.24) is 20.2 Å². The van der Waals surface area contributed by atoms with E-state index in [2.05, 4.69) is 21.0 Å². The van der Waals surface area contributed by atoms with Gasteiger partial charge in [0, 0.05) is 60.5 Å². The minimum absolute atomic E-state index is 0.0291. The number of aromatic hydroxyl groups is 1. The Bertz CT molecular complexity index is 1590. The predicted octanol–water partition coefficient (Wildman–Crippen LogP) is 3.43. The molecule has 9 heteroatoms. The van der Waals surface area contributed by atoms with Crippen molar-refractivity contribution in [2.45, 2.75) is 56.8 Å². The lowest BCUT2D eigenvalue weighted by Gasteiger charge is -2.47. The predicted molar refractivity (Wildman–Crippen MR) is 154 cm³/mol. The van der Waals surface area contributed by atoms with Gasteiger partial charge in [0.15, 0.2) is 0 Å². The van der Waals surface area contributed by atoms with E-state index in [9.17, 15) is 9.50 Å². The maximum absolute atomic E-state index is 14.8. The third kappa shape index (κ3) is 4.40. The topological polar surface area (TPSA) is 77.0 Å². The van der Waals surface area contributed by atoms with Crippen molar-refractivity contribution >= 4 is 22.3 Å². The molecule has 8 nitrogen and oxygen atoms in total. The molecule has 3 aromatic rings. The van der Waals surface area contributed by atoms with E-state index in [0.29, 0.717) is 54.5 Å². The Balaban J connectivity index is 1.30. The van der Waals surface area contributed by atoms with Gasteiger partial charge in [-0.3, -0.25) is 0 Å². The number of piperidine rings is 2. The summed E-state index contributed by atoms with van der Waals surface area (Å²) in [6.07, 6.45) is 10.2. The maximum Gasteiger partial charge on any atom is 0.318 e. The highest BCUT2D eigenvalue weighted by Gasteiger charge is 2.37. The second kappa shape index (κ2) is 10.1. The summed E-state index contributed by atoms with van der Waals surface area (Å²) in [6.45, 7) is 1.52. The molecule has 0 radical (unpaired) electrons. The summed E-state index contributed by atoms with van der Waals surface area (Å²) >= 11 is 0. The number of nitrogens with one attached hydrogen (secondary N) is 1. The van der Waals surface area contributed by atoms with Gasteiger partial charge < -0.3 is 29.9 Å². The molecule has 6 heterocycles. The van der Waals surface area contributed by atoms with Crippen LogP contribution in [-0.2, 0) is 13.0 Å². The van der Waals surface area contributed by atoms with Crippen LogP contribution in [-0.4, -0.2) is 77.9 Å². The summed E-state index contributed by atoms with van der Waals surface area (Å²) in [4.78, 5) is 16.1. The molecule has 2 bridgehead atoms. The van der Waals surface area contributed by atoms with Crippen LogP contribution in [0, 0.1) is 18.2 Å². The molecular weight excluding hydrogens is 507 g/mol. The number of likely N-dealkylation sites (tertiary alicyclic amines) is 1. The Morgan fingerprint density at radius 2 is 2.15 bits per heavy atom. The number of phenols is 1. The number of phenolic OH excluding ortho intramolecular Hbond substituents is 1. The maximum atomic E-state index is 14.8. The lowest BCUT2D eigenvalue weighted by atomic mass is 9.92. The molecule has 5 aliphatic rings. The largest absolute Gasteiger partial charge is 0.508 e. The number of ether oxygens (including phenoxy) is 1. The lowest BCUT2D eigenvalue weighted by Crippen LogP contribution is -2.61. The van der Waals surface area contributed by atoms with Gasteiger partial charge in [-0.1, -0.05) is 12.0 Å². The molecule has 0 aliphatic carbocycles. The van der Waals surface area contributed by atoms with E-state index >= 15 is 0 Å². The summed E-state index contributed by atoms with van der Waals surface area (Å²) in [5.74, 6) is 2.90. The molecule has 40 heavy (non-hydrogen) atoms. The fraction of sp³-hybridized carbons (Fsp3) is 0.484. The minimum atomic E-state index is -1.96. The Labute approximate surface area is 237 Å². The summed E-state index contributed by atoms with van der Waals surface area (Å²) in [7, 11) is 1.92. The highest BCUT2D eigenvalue weighted by Crippen LogP contribution is 2.39. The van der Waals surface area contributed by atoms with Gasteiger partial charge in [0.2, 0.25) is 0 Å². The molecule has 1 aromatic heterocycles. The van der Waals surface area contributed by atoms with E-state index in [4.69, 9.17) is 23.9 Å². The van der Waals surface area contributed by atoms with Gasteiger partial charge in [0.05, 0.1) is 20.5 Å². The number of nitrogens with zero attached hydrogens (tertiary/aromatic N) is 5. The molecule has 0 amide bonds. The molecule has 3 atom stereocenters. The van der Waals surface area contributed by atoms with Gasteiger partial charge in [0.1, 0.15) is 23.9 Å². The number of hydrogen-bond donors (Lipinski definition) is 2. The second-order valence-electron chi connectivity index (χ2n) is 11.4. The molecule has 208 valence electrons. The Morgan fingerprint density at radius 1 is 1.25 bits per heavy atom. The zero-order valence-electron chi connectivity index (χ0n) is 24.7. The summed E-state index contributed by atoms with van der Waals surface area (Å²) in [6, 6.07) is 6.49. The number of halogens is 1. The molecular formula is C31H35FN6O2. The van der Waals surface area contributed by atoms with Crippen LogP contribution in [0.2, 0.25) is 0 Å². The van der Waals surface area contributed by atoms with Gasteiger partial charge in [-0.15, -0.1) is 6.42 Å². The Hall–Kier alpha value is -3.61. The van der Waals surface area contributed by atoms with Crippen LogP contribution in [0.5, 0.6) is 11.8 Å². The second-order valence-corrected chi connectivity index (χ2v) is 11.4. The van der Waals surface area contributed by atoms with Crippen LogP contribution < -0.4 is 19.9 Å². The molecule has 4 saturated heterocycles. The normalized spacial score (nSPS) is 25.5. The minimum Gasteiger partial charge on any atom is -0.508 e.